The average Bonchev–Trinajstić information content (AvgIpc) is 3.08. The summed E-state index contributed by atoms with van der Waals surface area (Å²) in [5.74, 6) is -1.02. The fourth-order valence-corrected chi connectivity index (χ4v) is 3.71. The summed E-state index contributed by atoms with van der Waals surface area (Å²) in [6.07, 6.45) is 2.41. The van der Waals surface area contributed by atoms with E-state index in [9.17, 15) is 14.3 Å². The predicted molar refractivity (Wildman–Crippen MR) is 83.1 cm³/mol. The number of likely N-dealkylation sites (tertiary alicyclic amines) is 1. The van der Waals surface area contributed by atoms with Crippen LogP contribution in [0, 0.1) is 11.2 Å². The number of aliphatic carboxylic acids is 1. The van der Waals surface area contributed by atoms with E-state index in [1.54, 1.807) is 31.3 Å². The van der Waals surface area contributed by atoms with Crippen LogP contribution in [0.3, 0.4) is 0 Å². The predicted octanol–water partition coefficient (Wildman–Crippen LogP) is 3.25. The Bertz CT molecular complexity index is 703. The van der Waals surface area contributed by atoms with E-state index in [-0.39, 0.29) is 5.82 Å². The first-order valence-corrected chi connectivity index (χ1v) is 7.95. The lowest BCUT2D eigenvalue weighted by atomic mass is 9.90. The van der Waals surface area contributed by atoms with Crippen LogP contribution in [0.1, 0.15) is 18.2 Å². The van der Waals surface area contributed by atoms with Crippen LogP contribution in [-0.2, 0) is 11.3 Å². The molecule has 1 aromatic heterocycles. The van der Waals surface area contributed by atoms with E-state index < -0.39 is 11.4 Å². The van der Waals surface area contributed by atoms with Crippen LogP contribution in [0.25, 0.3) is 10.6 Å². The van der Waals surface area contributed by atoms with Crippen LogP contribution in [0.2, 0.25) is 0 Å². The van der Waals surface area contributed by atoms with Crippen LogP contribution in [0.4, 0.5) is 4.39 Å². The third kappa shape index (κ3) is 2.89. The highest BCUT2D eigenvalue weighted by molar-refractivity contribution is 7.15. The fraction of sp³-hybridized carbons (Fsp3) is 0.375. The first-order valence-electron chi connectivity index (χ1n) is 7.13. The Kier molecular flexibility index (Phi) is 3.97. The topological polar surface area (TPSA) is 53.4 Å². The Hall–Kier alpha value is -1.79. The van der Waals surface area contributed by atoms with E-state index in [2.05, 4.69) is 9.88 Å². The van der Waals surface area contributed by atoms with Crippen LogP contribution in [-0.4, -0.2) is 34.0 Å². The molecule has 1 aliphatic rings. The first kappa shape index (κ1) is 15.1. The van der Waals surface area contributed by atoms with Crippen molar-refractivity contribution in [1.29, 1.82) is 0 Å². The second kappa shape index (κ2) is 5.78. The van der Waals surface area contributed by atoms with Gasteiger partial charge in [-0.15, -0.1) is 11.3 Å². The number of hydrogen-bond donors (Lipinski definition) is 1. The molecule has 4 nitrogen and oxygen atoms in total. The second-order valence-corrected chi connectivity index (χ2v) is 7.05. The van der Waals surface area contributed by atoms with Gasteiger partial charge >= 0.3 is 5.97 Å². The summed E-state index contributed by atoms with van der Waals surface area (Å²) in [5, 5.41) is 9.92. The van der Waals surface area contributed by atoms with E-state index in [0.717, 1.165) is 11.4 Å². The van der Waals surface area contributed by atoms with Crippen molar-refractivity contribution in [2.75, 3.05) is 13.1 Å². The molecule has 2 aromatic rings. The minimum Gasteiger partial charge on any atom is -0.481 e. The Balaban J connectivity index is 1.71. The van der Waals surface area contributed by atoms with Gasteiger partial charge in [0.1, 0.15) is 10.8 Å². The lowest BCUT2D eigenvalue weighted by Crippen LogP contribution is -2.31. The van der Waals surface area contributed by atoms with Gasteiger partial charge in [-0.3, -0.25) is 9.69 Å². The molecule has 1 saturated heterocycles. The van der Waals surface area contributed by atoms with Crippen molar-refractivity contribution in [1.82, 2.24) is 9.88 Å². The van der Waals surface area contributed by atoms with E-state index >= 15 is 0 Å². The largest absolute Gasteiger partial charge is 0.481 e. The van der Waals surface area contributed by atoms with Crippen molar-refractivity contribution < 1.29 is 14.3 Å². The zero-order chi connectivity index (χ0) is 15.7. The van der Waals surface area contributed by atoms with Crippen LogP contribution < -0.4 is 0 Å². The molecule has 0 radical (unpaired) electrons. The number of nitrogens with zero attached hydrogens (tertiary/aromatic N) is 2. The molecule has 1 N–H and O–H groups in total. The van der Waals surface area contributed by atoms with E-state index in [4.69, 9.17) is 0 Å². The summed E-state index contributed by atoms with van der Waals surface area (Å²) in [5.41, 5.74) is -0.158. The van der Waals surface area contributed by atoms with Gasteiger partial charge in [0.15, 0.2) is 0 Å². The SMILES string of the molecule is CC1(C(=O)O)CCN(Cc2cnc(-c3ccccc3F)s2)C1. The van der Waals surface area contributed by atoms with Gasteiger partial charge in [-0.2, -0.15) is 0 Å². The van der Waals surface area contributed by atoms with E-state index in [0.29, 0.717) is 30.1 Å². The van der Waals surface area contributed by atoms with E-state index in [1.807, 2.05) is 0 Å². The van der Waals surface area contributed by atoms with Crippen molar-refractivity contribution in [2.45, 2.75) is 19.9 Å². The molecule has 0 aliphatic carbocycles. The number of hydrogen-bond acceptors (Lipinski definition) is 4. The summed E-state index contributed by atoms with van der Waals surface area (Å²) >= 11 is 1.46. The maximum Gasteiger partial charge on any atom is 0.310 e. The van der Waals surface area contributed by atoms with Gasteiger partial charge in [0.2, 0.25) is 0 Å². The molecular weight excluding hydrogens is 303 g/mol. The maximum atomic E-state index is 13.8. The van der Waals surface area contributed by atoms with Gasteiger partial charge in [0.05, 0.1) is 5.41 Å². The number of carboxylic acid groups (broad SMARTS) is 1. The molecule has 0 amide bonds. The van der Waals surface area contributed by atoms with Crippen LogP contribution in [0.15, 0.2) is 30.5 Å². The smallest absolute Gasteiger partial charge is 0.310 e. The normalized spacial score (nSPS) is 22.1. The molecule has 0 spiro atoms. The van der Waals surface area contributed by atoms with Crippen molar-refractivity contribution in [3.63, 3.8) is 0 Å². The molecule has 1 aliphatic heterocycles. The van der Waals surface area contributed by atoms with Gasteiger partial charge in [-0.05, 0) is 32.0 Å². The molecule has 3 rings (SSSR count). The van der Waals surface area contributed by atoms with Crippen LogP contribution >= 0.6 is 11.3 Å². The lowest BCUT2D eigenvalue weighted by Gasteiger charge is -2.19. The summed E-state index contributed by atoms with van der Waals surface area (Å²) in [4.78, 5) is 18.7. The Labute approximate surface area is 132 Å². The molecule has 6 heteroatoms. The molecule has 2 heterocycles. The van der Waals surface area contributed by atoms with Crippen molar-refractivity contribution in [3.8, 4) is 10.6 Å². The third-order valence-electron chi connectivity index (χ3n) is 4.11. The number of aromatic nitrogens is 1. The molecule has 1 aromatic carbocycles. The Morgan fingerprint density at radius 1 is 1.50 bits per heavy atom. The number of halogens is 1. The minimum absolute atomic E-state index is 0.275. The van der Waals surface area contributed by atoms with Gasteiger partial charge in [-0.25, -0.2) is 9.37 Å². The van der Waals surface area contributed by atoms with Crippen LogP contribution in [0.5, 0.6) is 0 Å². The van der Waals surface area contributed by atoms with Crippen molar-refractivity contribution in [3.05, 3.63) is 41.2 Å². The molecule has 1 fully saturated rings. The highest BCUT2D eigenvalue weighted by Crippen LogP contribution is 2.33. The van der Waals surface area contributed by atoms with Gasteiger partial charge in [0.25, 0.3) is 0 Å². The first-order chi connectivity index (χ1) is 10.5. The van der Waals surface area contributed by atoms with Crippen molar-refractivity contribution >= 4 is 17.3 Å². The van der Waals surface area contributed by atoms with Gasteiger partial charge in [0, 0.05) is 29.7 Å². The summed E-state index contributed by atoms with van der Waals surface area (Å²) in [7, 11) is 0. The number of rotatable bonds is 4. The molecule has 22 heavy (non-hydrogen) atoms. The number of carbonyl (C=O) groups is 1. The Morgan fingerprint density at radius 2 is 2.27 bits per heavy atom. The standard InChI is InChI=1S/C16H17FN2O2S/c1-16(15(20)21)6-7-19(10-16)9-11-8-18-14(22-11)12-4-2-3-5-13(12)17/h2-5,8H,6-7,9-10H2,1H3,(H,20,21). The highest BCUT2D eigenvalue weighted by Gasteiger charge is 2.40. The molecule has 0 saturated carbocycles. The zero-order valence-electron chi connectivity index (χ0n) is 12.3. The van der Waals surface area contributed by atoms with Gasteiger partial charge < -0.3 is 5.11 Å². The minimum atomic E-state index is -0.744. The summed E-state index contributed by atoms with van der Waals surface area (Å²) in [6.45, 7) is 3.74. The monoisotopic (exact) mass is 320 g/mol. The highest BCUT2D eigenvalue weighted by atomic mass is 32.1. The van der Waals surface area contributed by atoms with E-state index in [1.165, 1.54) is 17.4 Å². The Morgan fingerprint density at radius 3 is 2.95 bits per heavy atom. The second-order valence-electron chi connectivity index (χ2n) is 5.94. The lowest BCUT2D eigenvalue weighted by molar-refractivity contribution is -0.147. The average molecular weight is 320 g/mol. The summed E-state index contributed by atoms with van der Waals surface area (Å²) in [6, 6.07) is 6.59. The maximum absolute atomic E-state index is 13.8. The number of benzene rings is 1. The van der Waals surface area contributed by atoms with Gasteiger partial charge in [-0.1, -0.05) is 12.1 Å². The fourth-order valence-electron chi connectivity index (χ4n) is 2.73. The third-order valence-corrected chi connectivity index (χ3v) is 5.12. The van der Waals surface area contributed by atoms with Crippen molar-refractivity contribution in [2.24, 2.45) is 5.41 Å². The molecule has 0 bridgehead atoms. The molecule has 1 atom stereocenters. The zero-order valence-corrected chi connectivity index (χ0v) is 13.1. The number of thiazole rings is 1. The molecule has 1 unspecified atom stereocenters. The number of carboxylic acids is 1. The quantitative estimate of drug-likeness (QED) is 0.939. The summed E-state index contributed by atoms with van der Waals surface area (Å²) < 4.78 is 13.8. The molecule has 116 valence electrons. The molecular formula is C16H17FN2O2S.